The Kier molecular flexibility index (Phi) is 5.41. The van der Waals surface area contributed by atoms with Gasteiger partial charge in [0.1, 0.15) is 0 Å². The van der Waals surface area contributed by atoms with Crippen LogP contribution in [0.15, 0.2) is 0 Å². The average Bonchev–Trinajstić information content (AvgIpc) is 1.94. The Morgan fingerprint density at radius 1 is 1.33 bits per heavy atom. The third-order valence-electron chi connectivity index (χ3n) is 1.63. The standard InChI is InChI=1S/C6H13N.HNO/c1-6-2-4-7-5-3-6;1-2/h6-7H,2-5H2,1H3;1H. The number of piperidine rings is 1. The number of hydrogen-bond donors (Lipinski definition) is 2. The fourth-order valence-corrected chi connectivity index (χ4v) is 0.966. The molecule has 0 radical (unpaired) electrons. The predicted octanol–water partition coefficient (Wildman–Crippen LogP) is 1.34. The van der Waals surface area contributed by atoms with Crippen LogP contribution in [0.2, 0.25) is 0 Å². The Morgan fingerprint density at radius 2 is 1.78 bits per heavy atom. The lowest BCUT2D eigenvalue weighted by molar-refractivity contribution is 0.402. The molecule has 0 aromatic heterocycles. The molecular formula is C6H14N2O. The van der Waals surface area contributed by atoms with Gasteiger partial charge < -0.3 is 5.32 Å². The molecule has 0 spiro atoms. The largest absolute Gasteiger partial charge is 0.317 e. The Hall–Kier alpha value is -0.440. The monoisotopic (exact) mass is 130 g/mol. The molecule has 1 aliphatic rings. The van der Waals surface area contributed by atoms with Gasteiger partial charge >= 0.3 is 0 Å². The molecule has 0 unspecified atom stereocenters. The normalized spacial score (nSPS) is 20.1. The molecule has 54 valence electrons. The van der Waals surface area contributed by atoms with E-state index in [1.165, 1.54) is 25.9 Å². The summed E-state index contributed by atoms with van der Waals surface area (Å²) in [5, 5.41) is 3.32. The zero-order chi connectivity index (χ0) is 7.11. The average molecular weight is 130 g/mol. The second-order valence-corrected chi connectivity index (χ2v) is 2.43. The van der Waals surface area contributed by atoms with Crippen LogP contribution in [-0.4, -0.2) is 13.1 Å². The van der Waals surface area contributed by atoms with Gasteiger partial charge in [-0.2, -0.15) is 4.91 Å². The Balaban J connectivity index is 0.000000291. The van der Waals surface area contributed by atoms with E-state index >= 15 is 0 Å². The van der Waals surface area contributed by atoms with E-state index in [9.17, 15) is 0 Å². The fraction of sp³-hybridized carbons (Fsp3) is 1.00. The molecule has 1 aliphatic heterocycles. The van der Waals surface area contributed by atoms with Crippen molar-refractivity contribution in [2.75, 3.05) is 13.1 Å². The first-order chi connectivity index (χ1) is 4.39. The summed E-state index contributed by atoms with van der Waals surface area (Å²) in [4.78, 5) is 7.50. The van der Waals surface area contributed by atoms with Crippen LogP contribution in [0.1, 0.15) is 19.8 Å². The third-order valence-corrected chi connectivity index (χ3v) is 1.63. The van der Waals surface area contributed by atoms with Gasteiger partial charge in [-0.25, -0.2) is 0 Å². The minimum atomic E-state index is 0.973. The van der Waals surface area contributed by atoms with Gasteiger partial charge in [0.2, 0.25) is 0 Å². The van der Waals surface area contributed by atoms with Crippen LogP contribution in [0, 0.1) is 16.4 Å². The second kappa shape index (κ2) is 5.69. The fourth-order valence-electron chi connectivity index (χ4n) is 0.966. The van der Waals surface area contributed by atoms with Crippen molar-refractivity contribution in [3.63, 3.8) is 0 Å². The molecule has 2 N–H and O–H groups in total. The molecule has 0 atom stereocenters. The molecule has 0 amide bonds. The number of nitroso groups, excluding NO2 is 1. The first-order valence-corrected chi connectivity index (χ1v) is 3.31. The highest BCUT2D eigenvalue weighted by Crippen LogP contribution is 2.08. The van der Waals surface area contributed by atoms with Crippen LogP contribution in [0.25, 0.3) is 0 Å². The lowest BCUT2D eigenvalue weighted by Crippen LogP contribution is -2.26. The highest BCUT2D eigenvalue weighted by atomic mass is 16.2. The van der Waals surface area contributed by atoms with Gasteiger partial charge in [-0.1, -0.05) is 12.5 Å². The molecule has 1 rings (SSSR count). The smallest absolute Gasteiger partial charge is 0.00464 e. The van der Waals surface area contributed by atoms with Gasteiger partial charge in [-0.15, -0.1) is 0 Å². The van der Waals surface area contributed by atoms with Crippen molar-refractivity contribution < 1.29 is 0 Å². The van der Waals surface area contributed by atoms with Gasteiger partial charge in [-0.3, -0.25) is 0 Å². The molecule has 0 saturated carbocycles. The van der Waals surface area contributed by atoms with Crippen molar-refractivity contribution in [2.45, 2.75) is 19.8 Å². The zero-order valence-corrected chi connectivity index (χ0v) is 5.81. The summed E-state index contributed by atoms with van der Waals surface area (Å²) in [6.45, 7) is 4.79. The zero-order valence-electron chi connectivity index (χ0n) is 5.81. The molecule has 0 bridgehead atoms. The molecule has 9 heavy (non-hydrogen) atoms. The molecule has 1 heterocycles. The maximum atomic E-state index is 7.50. The lowest BCUT2D eigenvalue weighted by atomic mass is 10.0. The molecule has 3 nitrogen and oxygen atoms in total. The van der Waals surface area contributed by atoms with Crippen molar-refractivity contribution >= 4 is 0 Å². The van der Waals surface area contributed by atoms with E-state index in [2.05, 4.69) is 17.8 Å². The third kappa shape index (κ3) is 4.09. The van der Waals surface area contributed by atoms with E-state index in [-0.39, 0.29) is 0 Å². The van der Waals surface area contributed by atoms with Crippen molar-refractivity contribution in [2.24, 2.45) is 5.92 Å². The van der Waals surface area contributed by atoms with Crippen molar-refractivity contribution in [1.82, 2.24) is 5.32 Å². The van der Waals surface area contributed by atoms with Crippen LogP contribution < -0.4 is 5.32 Å². The molecule has 0 aromatic carbocycles. The molecule has 1 saturated heterocycles. The van der Waals surface area contributed by atoms with Gasteiger partial charge in [0.25, 0.3) is 0 Å². The minimum absolute atomic E-state index is 0.973. The predicted molar refractivity (Wildman–Crippen MR) is 37.4 cm³/mol. The molecular weight excluding hydrogens is 116 g/mol. The van der Waals surface area contributed by atoms with Gasteiger partial charge in [0.05, 0.1) is 0 Å². The van der Waals surface area contributed by atoms with Crippen molar-refractivity contribution in [1.29, 1.82) is 5.59 Å². The summed E-state index contributed by atoms with van der Waals surface area (Å²) in [5.41, 5.74) is 4.50. The Bertz CT molecular complexity index is 62.1. The lowest BCUT2D eigenvalue weighted by Gasteiger charge is -2.17. The van der Waals surface area contributed by atoms with E-state index in [1.807, 2.05) is 0 Å². The minimum Gasteiger partial charge on any atom is -0.317 e. The quantitative estimate of drug-likeness (QED) is 0.486. The molecule has 0 aromatic rings. The molecule has 0 aliphatic carbocycles. The van der Waals surface area contributed by atoms with E-state index in [1.54, 1.807) is 0 Å². The van der Waals surface area contributed by atoms with Crippen molar-refractivity contribution in [3.05, 3.63) is 4.91 Å². The summed E-state index contributed by atoms with van der Waals surface area (Å²) in [7, 11) is 0. The molecule has 3 heteroatoms. The van der Waals surface area contributed by atoms with Gasteiger partial charge in [0, 0.05) is 0 Å². The summed E-state index contributed by atoms with van der Waals surface area (Å²) in [6.07, 6.45) is 2.75. The topological polar surface area (TPSA) is 53.0 Å². The summed E-state index contributed by atoms with van der Waals surface area (Å²) in [6, 6.07) is 0. The van der Waals surface area contributed by atoms with E-state index in [4.69, 9.17) is 4.91 Å². The van der Waals surface area contributed by atoms with Crippen LogP contribution in [-0.2, 0) is 0 Å². The van der Waals surface area contributed by atoms with Gasteiger partial charge in [-0.05, 0) is 31.8 Å². The SMILES string of the molecule is CC1CCNCC1.N=O. The van der Waals surface area contributed by atoms with Crippen LogP contribution in [0.3, 0.4) is 0 Å². The van der Waals surface area contributed by atoms with E-state index in [0.717, 1.165) is 5.92 Å². The number of hydrogen-bond acceptors (Lipinski definition) is 3. The second-order valence-electron chi connectivity index (χ2n) is 2.43. The van der Waals surface area contributed by atoms with E-state index < -0.39 is 0 Å². The van der Waals surface area contributed by atoms with Crippen LogP contribution in [0.4, 0.5) is 0 Å². The Labute approximate surface area is 55.6 Å². The first-order valence-electron chi connectivity index (χ1n) is 3.31. The van der Waals surface area contributed by atoms with Gasteiger partial charge in [0.15, 0.2) is 0 Å². The summed E-state index contributed by atoms with van der Waals surface area (Å²) < 4.78 is 0. The highest BCUT2D eigenvalue weighted by molar-refractivity contribution is 4.62. The molecule has 1 fully saturated rings. The number of rotatable bonds is 0. The summed E-state index contributed by atoms with van der Waals surface area (Å²) in [5.74, 6) is 0.973. The maximum absolute atomic E-state index is 7.50. The van der Waals surface area contributed by atoms with Crippen LogP contribution >= 0.6 is 0 Å². The van der Waals surface area contributed by atoms with Crippen LogP contribution in [0.5, 0.6) is 0 Å². The number of nitrogens with one attached hydrogen (secondary N) is 2. The summed E-state index contributed by atoms with van der Waals surface area (Å²) >= 11 is 0. The van der Waals surface area contributed by atoms with Crippen molar-refractivity contribution in [3.8, 4) is 0 Å². The Morgan fingerprint density at radius 3 is 2.00 bits per heavy atom. The highest BCUT2D eigenvalue weighted by Gasteiger charge is 2.04. The maximum Gasteiger partial charge on any atom is -0.00464 e. The van der Waals surface area contributed by atoms with E-state index in [0.29, 0.717) is 0 Å². The first kappa shape index (κ1) is 8.56.